The third-order valence-electron chi connectivity index (χ3n) is 7.33. The highest BCUT2D eigenvalue weighted by molar-refractivity contribution is 5.77. The van der Waals surface area contributed by atoms with Crippen LogP contribution >= 0.6 is 0 Å². The molecule has 1 N–H and O–H groups in total. The minimum absolute atomic E-state index is 0.193. The maximum Gasteiger partial charge on any atom is 0.220 e. The van der Waals surface area contributed by atoms with Crippen molar-refractivity contribution in [2.24, 2.45) is 0 Å². The Kier molecular flexibility index (Phi) is 5.95. The first-order valence-electron chi connectivity index (χ1n) is 11.9. The standard InChI is InChI=1S/C26H33N3O2/c30-25-13-5-6-14-26(28-25)19-29(18-23(26)20-9-7-15-27-16-20)17-21-8-1-4-12-24(21)31-22-10-2-3-11-22/h1,4,7-9,12,15-16,22-23H,2-3,5-6,10-11,13-14,17-19H2,(H,28,30)/t23-,26+/m0/s1. The van der Waals surface area contributed by atoms with Gasteiger partial charge in [-0.25, -0.2) is 0 Å². The van der Waals surface area contributed by atoms with E-state index in [4.69, 9.17) is 4.74 Å². The SMILES string of the molecule is O=C1CCCC[C@]2(CN(Cc3ccccc3OC3CCCC3)C[C@H]2c2cccnc2)N1. The number of hydrogen-bond donors (Lipinski definition) is 1. The zero-order valence-electron chi connectivity index (χ0n) is 18.3. The zero-order chi connectivity index (χ0) is 21.1. The van der Waals surface area contributed by atoms with Gasteiger partial charge in [-0.3, -0.25) is 14.7 Å². The number of likely N-dealkylation sites (tertiary alicyclic amines) is 1. The second-order valence-corrected chi connectivity index (χ2v) is 9.55. The first-order chi connectivity index (χ1) is 15.2. The molecule has 1 amide bonds. The van der Waals surface area contributed by atoms with Crippen LogP contribution in [-0.4, -0.2) is 40.5 Å². The fourth-order valence-corrected chi connectivity index (χ4v) is 5.82. The van der Waals surface area contributed by atoms with E-state index in [1.54, 1.807) is 0 Å². The van der Waals surface area contributed by atoms with E-state index in [9.17, 15) is 4.79 Å². The molecule has 5 heteroatoms. The Labute approximate surface area is 185 Å². The predicted molar refractivity (Wildman–Crippen MR) is 121 cm³/mol. The number of carbonyl (C=O) groups excluding carboxylic acids is 1. The molecule has 0 radical (unpaired) electrons. The minimum atomic E-state index is -0.210. The molecule has 164 valence electrons. The molecule has 3 aliphatic rings. The molecule has 2 atom stereocenters. The molecule has 1 spiro atoms. The third kappa shape index (κ3) is 4.47. The van der Waals surface area contributed by atoms with E-state index in [0.717, 1.165) is 57.5 Å². The summed E-state index contributed by atoms with van der Waals surface area (Å²) < 4.78 is 6.40. The van der Waals surface area contributed by atoms with Crippen molar-refractivity contribution in [3.63, 3.8) is 0 Å². The van der Waals surface area contributed by atoms with Gasteiger partial charge in [-0.1, -0.05) is 30.7 Å². The predicted octanol–water partition coefficient (Wildman–Crippen LogP) is 4.43. The van der Waals surface area contributed by atoms with E-state index in [0.29, 0.717) is 12.5 Å². The van der Waals surface area contributed by atoms with Gasteiger partial charge < -0.3 is 10.1 Å². The summed E-state index contributed by atoms with van der Waals surface area (Å²) in [5.74, 6) is 1.47. The monoisotopic (exact) mass is 419 g/mol. The van der Waals surface area contributed by atoms with Gasteiger partial charge in [-0.2, -0.15) is 0 Å². The Morgan fingerprint density at radius 1 is 1.10 bits per heavy atom. The van der Waals surface area contributed by atoms with E-state index in [1.165, 1.54) is 24.0 Å². The summed E-state index contributed by atoms with van der Waals surface area (Å²) in [5.41, 5.74) is 2.26. The number of carbonyl (C=O) groups is 1. The first kappa shape index (κ1) is 20.5. The summed E-state index contributed by atoms with van der Waals surface area (Å²) in [5, 5.41) is 3.45. The lowest BCUT2D eigenvalue weighted by Gasteiger charge is -2.35. The third-order valence-corrected chi connectivity index (χ3v) is 7.33. The van der Waals surface area contributed by atoms with E-state index in [2.05, 4.69) is 45.5 Å². The van der Waals surface area contributed by atoms with E-state index in [-0.39, 0.29) is 17.4 Å². The molecule has 2 saturated heterocycles. The van der Waals surface area contributed by atoms with Crippen LogP contribution in [0.15, 0.2) is 48.8 Å². The van der Waals surface area contributed by atoms with Crippen molar-refractivity contribution in [3.8, 4) is 5.75 Å². The number of para-hydroxylation sites is 1. The van der Waals surface area contributed by atoms with Gasteiger partial charge in [-0.05, 0) is 56.2 Å². The van der Waals surface area contributed by atoms with Crippen LogP contribution in [-0.2, 0) is 11.3 Å². The number of aromatic nitrogens is 1. The van der Waals surface area contributed by atoms with Gasteiger partial charge in [0, 0.05) is 49.9 Å². The molecule has 1 aromatic heterocycles. The lowest BCUT2D eigenvalue weighted by Crippen LogP contribution is -2.52. The number of pyridine rings is 1. The molecule has 3 fully saturated rings. The number of amides is 1. The molecule has 0 bridgehead atoms. The molecule has 1 aliphatic carbocycles. The second-order valence-electron chi connectivity index (χ2n) is 9.55. The van der Waals surface area contributed by atoms with Crippen molar-refractivity contribution in [2.45, 2.75) is 75.5 Å². The number of nitrogens with zero attached hydrogens (tertiary/aromatic N) is 2. The Morgan fingerprint density at radius 3 is 2.81 bits per heavy atom. The number of benzene rings is 1. The summed E-state index contributed by atoms with van der Waals surface area (Å²) in [7, 11) is 0. The second kappa shape index (κ2) is 8.99. The highest BCUT2D eigenvalue weighted by atomic mass is 16.5. The highest BCUT2D eigenvalue weighted by Gasteiger charge is 2.48. The van der Waals surface area contributed by atoms with Crippen molar-refractivity contribution in [1.82, 2.24) is 15.2 Å². The topological polar surface area (TPSA) is 54.5 Å². The quantitative estimate of drug-likeness (QED) is 0.779. The van der Waals surface area contributed by atoms with Crippen LogP contribution in [0.25, 0.3) is 0 Å². The average Bonchev–Trinajstić information content (AvgIpc) is 3.36. The van der Waals surface area contributed by atoms with Crippen LogP contribution in [0.4, 0.5) is 0 Å². The number of nitrogens with one attached hydrogen (secondary N) is 1. The van der Waals surface area contributed by atoms with Crippen molar-refractivity contribution in [2.75, 3.05) is 13.1 Å². The lowest BCUT2D eigenvalue weighted by molar-refractivity contribution is -0.122. The maximum atomic E-state index is 12.6. The Morgan fingerprint density at radius 2 is 1.97 bits per heavy atom. The molecule has 3 heterocycles. The van der Waals surface area contributed by atoms with Gasteiger partial charge in [-0.15, -0.1) is 0 Å². The number of rotatable bonds is 5. The van der Waals surface area contributed by atoms with Gasteiger partial charge in [0.15, 0.2) is 0 Å². The zero-order valence-corrected chi connectivity index (χ0v) is 18.3. The Hall–Kier alpha value is -2.40. The Bertz CT molecular complexity index is 897. The molecule has 2 aromatic rings. The lowest BCUT2D eigenvalue weighted by atomic mass is 9.79. The summed E-state index contributed by atoms with van der Waals surface area (Å²) in [6.07, 6.45) is 12.8. The van der Waals surface area contributed by atoms with Crippen LogP contribution in [0.1, 0.15) is 68.4 Å². The molecular weight excluding hydrogens is 386 g/mol. The minimum Gasteiger partial charge on any atom is -0.490 e. The summed E-state index contributed by atoms with van der Waals surface area (Å²) in [4.78, 5) is 19.4. The molecular formula is C26H33N3O2. The average molecular weight is 420 g/mol. The van der Waals surface area contributed by atoms with Gasteiger partial charge in [0.2, 0.25) is 5.91 Å². The summed E-state index contributed by atoms with van der Waals surface area (Å²) in [6, 6.07) is 12.7. The molecule has 0 unspecified atom stereocenters. The van der Waals surface area contributed by atoms with Crippen LogP contribution < -0.4 is 10.1 Å². The van der Waals surface area contributed by atoms with Gasteiger partial charge >= 0.3 is 0 Å². The van der Waals surface area contributed by atoms with E-state index in [1.807, 2.05) is 18.5 Å². The normalized spacial score (nSPS) is 27.4. The fraction of sp³-hybridized carbons (Fsp3) is 0.538. The van der Waals surface area contributed by atoms with Crippen molar-refractivity contribution in [1.29, 1.82) is 0 Å². The van der Waals surface area contributed by atoms with Gasteiger partial charge in [0.25, 0.3) is 0 Å². The molecule has 31 heavy (non-hydrogen) atoms. The number of ether oxygens (including phenoxy) is 1. The summed E-state index contributed by atoms with van der Waals surface area (Å²) in [6.45, 7) is 2.64. The van der Waals surface area contributed by atoms with Gasteiger partial charge in [0.05, 0.1) is 11.6 Å². The molecule has 2 aliphatic heterocycles. The largest absolute Gasteiger partial charge is 0.490 e. The van der Waals surface area contributed by atoms with Crippen LogP contribution in [0.5, 0.6) is 5.75 Å². The molecule has 1 saturated carbocycles. The van der Waals surface area contributed by atoms with Gasteiger partial charge in [0.1, 0.15) is 5.75 Å². The Balaban J connectivity index is 1.39. The highest BCUT2D eigenvalue weighted by Crippen LogP contribution is 2.41. The molecule has 1 aromatic carbocycles. The summed E-state index contributed by atoms with van der Waals surface area (Å²) >= 11 is 0. The van der Waals surface area contributed by atoms with Crippen molar-refractivity contribution >= 4 is 5.91 Å². The van der Waals surface area contributed by atoms with E-state index < -0.39 is 0 Å². The van der Waals surface area contributed by atoms with Crippen LogP contribution in [0, 0.1) is 0 Å². The first-order valence-corrected chi connectivity index (χ1v) is 11.9. The molecule has 5 rings (SSSR count). The van der Waals surface area contributed by atoms with Crippen LogP contribution in [0.3, 0.4) is 0 Å². The maximum absolute atomic E-state index is 12.6. The van der Waals surface area contributed by atoms with Crippen LogP contribution in [0.2, 0.25) is 0 Å². The van der Waals surface area contributed by atoms with E-state index >= 15 is 0 Å². The number of hydrogen-bond acceptors (Lipinski definition) is 4. The molecule has 5 nitrogen and oxygen atoms in total. The fourth-order valence-electron chi connectivity index (χ4n) is 5.82. The smallest absolute Gasteiger partial charge is 0.220 e. The van der Waals surface area contributed by atoms with Crippen molar-refractivity contribution in [3.05, 3.63) is 59.9 Å². The van der Waals surface area contributed by atoms with Crippen molar-refractivity contribution < 1.29 is 9.53 Å².